The van der Waals surface area contributed by atoms with Gasteiger partial charge in [-0.2, -0.15) is 29.5 Å². The van der Waals surface area contributed by atoms with Crippen LogP contribution in [-0.4, -0.2) is 46.0 Å². The first kappa shape index (κ1) is 14.9. The van der Waals surface area contributed by atoms with Gasteiger partial charge < -0.3 is 9.63 Å². The van der Waals surface area contributed by atoms with E-state index >= 15 is 0 Å². The van der Waals surface area contributed by atoms with Crippen LogP contribution < -0.4 is 0 Å². The monoisotopic (exact) mass is 307 g/mol. The van der Waals surface area contributed by atoms with E-state index in [1.165, 1.54) is 11.3 Å². The third-order valence-electron chi connectivity index (χ3n) is 2.42. The molecule has 0 spiro atoms. The molecule has 20 heavy (non-hydrogen) atoms. The smallest absolute Gasteiger partial charge is 0.395 e. The zero-order chi connectivity index (χ0) is 14.6. The van der Waals surface area contributed by atoms with Crippen LogP contribution in [0, 0.1) is 0 Å². The van der Waals surface area contributed by atoms with Crippen molar-refractivity contribution in [3.63, 3.8) is 0 Å². The fourth-order valence-corrected chi connectivity index (χ4v) is 2.26. The Bertz CT molecular complexity index is 527. The molecule has 2 aromatic heterocycles. The molecule has 0 amide bonds. The van der Waals surface area contributed by atoms with E-state index in [2.05, 4.69) is 10.1 Å². The summed E-state index contributed by atoms with van der Waals surface area (Å²) in [5.74, 6) is 0.432. The fourth-order valence-electron chi connectivity index (χ4n) is 1.63. The van der Waals surface area contributed by atoms with Crippen LogP contribution in [0.15, 0.2) is 21.3 Å². The molecule has 2 aromatic rings. The van der Waals surface area contributed by atoms with Gasteiger partial charge in [-0.15, -0.1) is 0 Å². The normalized spacial score (nSPS) is 12.2. The van der Waals surface area contributed by atoms with Crippen LogP contribution in [0.25, 0.3) is 11.5 Å². The second kappa shape index (κ2) is 6.33. The largest absolute Gasteiger partial charge is 0.401 e. The molecule has 0 fully saturated rings. The second-order valence-corrected chi connectivity index (χ2v) is 4.86. The van der Waals surface area contributed by atoms with E-state index in [-0.39, 0.29) is 31.4 Å². The van der Waals surface area contributed by atoms with Gasteiger partial charge in [0.2, 0.25) is 0 Å². The highest BCUT2D eigenvalue weighted by Gasteiger charge is 2.31. The summed E-state index contributed by atoms with van der Waals surface area (Å²) >= 11 is 1.45. The molecule has 0 radical (unpaired) electrons. The van der Waals surface area contributed by atoms with Gasteiger partial charge in [0.05, 0.1) is 25.3 Å². The molecule has 0 saturated carbocycles. The minimum atomic E-state index is -4.34. The lowest BCUT2D eigenvalue weighted by Crippen LogP contribution is -2.36. The summed E-state index contributed by atoms with van der Waals surface area (Å²) in [6, 6.07) is 1.78. The van der Waals surface area contributed by atoms with Crippen molar-refractivity contribution < 1.29 is 22.8 Å². The maximum absolute atomic E-state index is 12.4. The molecule has 0 saturated heterocycles. The fraction of sp³-hybridized carbons (Fsp3) is 0.455. The molecule has 2 rings (SSSR count). The van der Waals surface area contributed by atoms with Crippen LogP contribution in [0.5, 0.6) is 0 Å². The van der Waals surface area contributed by atoms with Crippen LogP contribution in [-0.2, 0) is 6.54 Å². The Morgan fingerprint density at radius 3 is 2.80 bits per heavy atom. The summed E-state index contributed by atoms with van der Waals surface area (Å²) in [4.78, 5) is 5.06. The highest BCUT2D eigenvalue weighted by atomic mass is 32.1. The second-order valence-electron chi connectivity index (χ2n) is 4.08. The van der Waals surface area contributed by atoms with Gasteiger partial charge in [-0.05, 0) is 11.4 Å². The number of aromatic nitrogens is 2. The van der Waals surface area contributed by atoms with E-state index in [1.807, 2.05) is 5.38 Å². The van der Waals surface area contributed by atoms with Crippen LogP contribution >= 0.6 is 11.3 Å². The van der Waals surface area contributed by atoms with Gasteiger partial charge in [0.1, 0.15) is 0 Å². The van der Waals surface area contributed by atoms with E-state index in [9.17, 15) is 13.2 Å². The summed E-state index contributed by atoms with van der Waals surface area (Å²) in [6.07, 6.45) is -4.34. The molecular weight excluding hydrogens is 295 g/mol. The molecule has 0 aromatic carbocycles. The number of halogens is 3. The van der Waals surface area contributed by atoms with Gasteiger partial charge in [0, 0.05) is 11.9 Å². The lowest BCUT2D eigenvalue weighted by Gasteiger charge is -2.20. The predicted octanol–water partition coefficient (Wildman–Crippen LogP) is 2.15. The van der Waals surface area contributed by atoms with Crippen molar-refractivity contribution in [2.24, 2.45) is 0 Å². The summed E-state index contributed by atoms with van der Waals surface area (Å²) in [5, 5.41) is 16.1. The summed E-state index contributed by atoms with van der Waals surface area (Å²) < 4.78 is 42.1. The number of nitrogens with zero attached hydrogens (tertiary/aromatic N) is 3. The minimum absolute atomic E-state index is 0.109. The Morgan fingerprint density at radius 2 is 2.20 bits per heavy atom. The van der Waals surface area contributed by atoms with Gasteiger partial charge in [-0.25, -0.2) is 0 Å². The minimum Gasteiger partial charge on any atom is -0.395 e. The Morgan fingerprint density at radius 1 is 1.40 bits per heavy atom. The number of aliphatic hydroxyl groups excluding tert-OH is 1. The van der Waals surface area contributed by atoms with Crippen molar-refractivity contribution in [1.82, 2.24) is 15.0 Å². The average molecular weight is 307 g/mol. The number of aliphatic hydroxyl groups is 1. The average Bonchev–Trinajstić information content (AvgIpc) is 2.96. The SMILES string of the molecule is OCCN(Cc1noc(-c2ccsc2)n1)CC(F)(F)F. The van der Waals surface area contributed by atoms with Gasteiger partial charge in [0.25, 0.3) is 5.89 Å². The van der Waals surface area contributed by atoms with Gasteiger partial charge in [0.15, 0.2) is 5.82 Å². The van der Waals surface area contributed by atoms with Crippen molar-refractivity contribution in [1.29, 1.82) is 0 Å². The number of rotatable bonds is 6. The van der Waals surface area contributed by atoms with Crippen LogP contribution in [0.4, 0.5) is 13.2 Å². The van der Waals surface area contributed by atoms with Crippen molar-refractivity contribution in [3.8, 4) is 11.5 Å². The highest BCUT2D eigenvalue weighted by Crippen LogP contribution is 2.21. The van der Waals surface area contributed by atoms with E-state index in [0.717, 1.165) is 10.5 Å². The van der Waals surface area contributed by atoms with Crippen molar-refractivity contribution in [2.45, 2.75) is 12.7 Å². The molecule has 0 aliphatic carbocycles. The first-order valence-electron chi connectivity index (χ1n) is 5.73. The third kappa shape index (κ3) is 4.29. The predicted molar refractivity (Wildman–Crippen MR) is 66.0 cm³/mol. The number of thiophene rings is 1. The molecule has 110 valence electrons. The Hall–Kier alpha value is -1.45. The Labute approximate surface area is 116 Å². The topological polar surface area (TPSA) is 62.4 Å². The number of hydrogen-bond acceptors (Lipinski definition) is 6. The first-order valence-corrected chi connectivity index (χ1v) is 6.67. The lowest BCUT2D eigenvalue weighted by atomic mass is 10.3. The van der Waals surface area contributed by atoms with Crippen molar-refractivity contribution >= 4 is 11.3 Å². The molecule has 9 heteroatoms. The van der Waals surface area contributed by atoms with Crippen LogP contribution in [0.3, 0.4) is 0 Å². The molecule has 0 bridgehead atoms. The quantitative estimate of drug-likeness (QED) is 0.886. The molecule has 0 aliphatic rings. The van der Waals surface area contributed by atoms with Crippen LogP contribution in [0.1, 0.15) is 5.82 Å². The first-order chi connectivity index (χ1) is 9.48. The molecule has 5 nitrogen and oxygen atoms in total. The van der Waals surface area contributed by atoms with Gasteiger partial charge in [-0.3, -0.25) is 4.90 Å². The molecule has 0 atom stereocenters. The highest BCUT2D eigenvalue weighted by molar-refractivity contribution is 7.08. The lowest BCUT2D eigenvalue weighted by molar-refractivity contribution is -0.148. The maximum Gasteiger partial charge on any atom is 0.401 e. The molecule has 1 N–H and O–H groups in total. The number of hydrogen-bond donors (Lipinski definition) is 1. The molecule has 0 aliphatic heterocycles. The Balaban J connectivity index is 2.03. The van der Waals surface area contributed by atoms with E-state index in [4.69, 9.17) is 9.63 Å². The van der Waals surface area contributed by atoms with E-state index in [0.29, 0.717) is 0 Å². The van der Waals surface area contributed by atoms with Crippen molar-refractivity contribution in [2.75, 3.05) is 19.7 Å². The Kier molecular flexibility index (Phi) is 4.73. The summed E-state index contributed by atoms with van der Waals surface area (Å²) in [6.45, 7) is -1.74. The maximum atomic E-state index is 12.4. The van der Waals surface area contributed by atoms with Gasteiger partial charge in [-0.1, -0.05) is 5.16 Å². The van der Waals surface area contributed by atoms with Crippen molar-refractivity contribution in [3.05, 3.63) is 22.7 Å². The zero-order valence-electron chi connectivity index (χ0n) is 10.3. The molecular formula is C11H12F3N3O2S. The third-order valence-corrected chi connectivity index (χ3v) is 3.10. The van der Waals surface area contributed by atoms with E-state index in [1.54, 1.807) is 11.4 Å². The van der Waals surface area contributed by atoms with E-state index < -0.39 is 12.7 Å². The zero-order valence-corrected chi connectivity index (χ0v) is 11.1. The summed E-state index contributed by atoms with van der Waals surface area (Å²) in [5.41, 5.74) is 0.735. The van der Waals surface area contributed by atoms with Gasteiger partial charge >= 0.3 is 6.18 Å². The van der Waals surface area contributed by atoms with Crippen LogP contribution in [0.2, 0.25) is 0 Å². The number of alkyl halides is 3. The standard InChI is InChI=1S/C11H12F3N3O2S/c12-11(13,14)7-17(2-3-18)5-9-15-10(19-16-9)8-1-4-20-6-8/h1,4,6,18H,2-3,5,7H2. The molecule has 2 heterocycles. The molecule has 0 unspecified atom stereocenters. The summed E-state index contributed by atoms with van der Waals surface area (Å²) in [7, 11) is 0.